The van der Waals surface area contributed by atoms with Crippen LogP contribution in [0.3, 0.4) is 0 Å². The number of carbonyl (C=O) groups is 3. The Morgan fingerprint density at radius 3 is 2.46 bits per heavy atom. The Labute approximate surface area is 289 Å². The summed E-state index contributed by atoms with van der Waals surface area (Å²) >= 11 is 1.91. The average Bonchev–Trinajstić information content (AvgIpc) is 3.90. The first-order valence-corrected chi connectivity index (χ1v) is 19.2. The maximum atomic E-state index is 12.7. The predicted molar refractivity (Wildman–Crippen MR) is 184 cm³/mol. The van der Waals surface area contributed by atoms with Crippen LogP contribution in [-0.4, -0.2) is 108 Å². The van der Waals surface area contributed by atoms with Crippen LogP contribution in [-0.2, 0) is 23.7 Å². The molecule has 0 aromatic rings. The van der Waals surface area contributed by atoms with Gasteiger partial charge in [0.1, 0.15) is 23.4 Å². The topological polar surface area (TPSA) is 163 Å². The number of carbonyl (C=O) groups excluding carboxylic acids is 3. The van der Waals surface area contributed by atoms with Crippen molar-refractivity contribution in [1.82, 2.24) is 21.3 Å². The van der Waals surface area contributed by atoms with E-state index in [1.807, 2.05) is 32.5 Å². The second-order valence-electron chi connectivity index (χ2n) is 14.7. The summed E-state index contributed by atoms with van der Waals surface area (Å²) in [6.45, 7) is 7.66. The zero-order chi connectivity index (χ0) is 34.4. The molecule has 9 atom stereocenters. The van der Waals surface area contributed by atoms with Gasteiger partial charge in [-0.2, -0.15) is 11.8 Å². The molecule has 9 unspecified atom stereocenters. The molecule has 4 saturated heterocycles. The summed E-state index contributed by atoms with van der Waals surface area (Å²) in [5.74, 6) is 1.09. The summed E-state index contributed by atoms with van der Waals surface area (Å²) in [6.07, 6.45) is 11.4. The molecule has 13 heteroatoms. The number of hydrogen-bond acceptors (Lipinski definition) is 9. The van der Waals surface area contributed by atoms with Crippen molar-refractivity contribution in [3.05, 3.63) is 11.6 Å². The van der Waals surface area contributed by atoms with Crippen molar-refractivity contribution in [2.75, 3.05) is 32.6 Å². The SMILES string of the molecule is COC1C(OC(=O)NCCCCCCCCNC(=O)CCCCC2SCC3NC(=O)NC32)CCC2(CO2)C1(O)C1(C)OC1CC=C(C)C. The van der Waals surface area contributed by atoms with Crippen LogP contribution in [0.4, 0.5) is 9.59 Å². The molecule has 0 aromatic heterocycles. The van der Waals surface area contributed by atoms with E-state index in [1.54, 1.807) is 7.11 Å². The number of thioether (sulfide) groups is 1. The Kier molecular flexibility index (Phi) is 12.6. The lowest BCUT2D eigenvalue weighted by Gasteiger charge is -2.49. The molecule has 1 saturated carbocycles. The van der Waals surface area contributed by atoms with E-state index >= 15 is 0 Å². The highest BCUT2D eigenvalue weighted by molar-refractivity contribution is 8.00. The number of fused-ring (bicyclic) bond motifs is 1. The molecule has 1 spiro atoms. The quantitative estimate of drug-likeness (QED) is 0.0580. The second kappa shape index (κ2) is 16.3. The zero-order valence-electron chi connectivity index (χ0n) is 29.3. The Morgan fingerprint density at radius 1 is 1.06 bits per heavy atom. The molecule has 5 fully saturated rings. The van der Waals surface area contributed by atoms with Crippen molar-refractivity contribution in [3.63, 3.8) is 0 Å². The van der Waals surface area contributed by atoms with Gasteiger partial charge in [0.05, 0.1) is 24.8 Å². The van der Waals surface area contributed by atoms with E-state index in [1.165, 1.54) is 5.57 Å². The van der Waals surface area contributed by atoms with Crippen LogP contribution in [0.1, 0.15) is 104 Å². The molecule has 48 heavy (non-hydrogen) atoms. The highest BCUT2D eigenvalue weighted by Crippen LogP contribution is 2.62. The van der Waals surface area contributed by atoms with Crippen LogP contribution in [0.2, 0.25) is 0 Å². The standard InChI is InChI=1S/C35H58N4O8S/c1-23(2)15-16-27-33(3,47-27)35(43)30(44-4)25(17-18-34(35)22-45-34)46-32(42)37-20-12-8-6-5-7-11-19-36-28(40)14-10-9-13-26-29-24(21-48-26)38-31(41)39-29/h15,24-27,29-30,43H,5-14,16-22H2,1-4H3,(H,36,40)(H,37,42)(H2,38,39,41). The van der Waals surface area contributed by atoms with Gasteiger partial charge in [0.25, 0.3) is 0 Å². The Hall–Kier alpha value is -2.06. The van der Waals surface area contributed by atoms with E-state index in [0.717, 1.165) is 63.5 Å². The molecule has 4 aliphatic heterocycles. The molecule has 0 aromatic carbocycles. The van der Waals surface area contributed by atoms with Crippen LogP contribution in [0.25, 0.3) is 0 Å². The van der Waals surface area contributed by atoms with Crippen molar-refractivity contribution in [1.29, 1.82) is 0 Å². The minimum Gasteiger partial charge on any atom is -0.443 e. The molecule has 1 aliphatic carbocycles. The number of hydrogen-bond donors (Lipinski definition) is 5. The average molecular weight is 695 g/mol. The van der Waals surface area contributed by atoms with Crippen LogP contribution < -0.4 is 21.3 Å². The van der Waals surface area contributed by atoms with E-state index in [-0.39, 0.29) is 30.1 Å². The third-order valence-electron chi connectivity index (χ3n) is 11.0. The van der Waals surface area contributed by atoms with Crippen molar-refractivity contribution in [3.8, 4) is 0 Å². The van der Waals surface area contributed by atoms with Crippen molar-refractivity contribution in [2.45, 2.75) is 157 Å². The van der Waals surface area contributed by atoms with Crippen LogP contribution >= 0.6 is 11.8 Å². The van der Waals surface area contributed by atoms with Gasteiger partial charge in [0, 0.05) is 37.6 Å². The monoisotopic (exact) mass is 694 g/mol. The fraction of sp³-hybridized carbons (Fsp3) is 0.857. The number of urea groups is 1. The van der Waals surface area contributed by atoms with Crippen molar-refractivity contribution >= 4 is 29.8 Å². The van der Waals surface area contributed by atoms with Crippen LogP contribution in [0.5, 0.6) is 0 Å². The van der Waals surface area contributed by atoms with Gasteiger partial charge in [-0.1, -0.05) is 43.8 Å². The molecular formula is C35H58N4O8S. The lowest BCUT2D eigenvalue weighted by Crippen LogP contribution is -2.70. The van der Waals surface area contributed by atoms with E-state index < -0.39 is 35.1 Å². The Morgan fingerprint density at radius 2 is 1.77 bits per heavy atom. The molecule has 12 nitrogen and oxygen atoms in total. The number of epoxide rings is 2. The van der Waals surface area contributed by atoms with E-state index in [9.17, 15) is 19.5 Å². The highest BCUT2D eigenvalue weighted by atomic mass is 32.2. The summed E-state index contributed by atoms with van der Waals surface area (Å²) in [5, 5.41) is 24.5. The lowest BCUT2D eigenvalue weighted by molar-refractivity contribution is -0.223. The highest BCUT2D eigenvalue weighted by Gasteiger charge is 2.81. The van der Waals surface area contributed by atoms with Gasteiger partial charge in [-0.3, -0.25) is 4.79 Å². The third kappa shape index (κ3) is 8.45. The number of methoxy groups -OCH3 is 1. The zero-order valence-corrected chi connectivity index (χ0v) is 30.1. The summed E-state index contributed by atoms with van der Waals surface area (Å²) in [4.78, 5) is 36.4. The predicted octanol–water partition coefficient (Wildman–Crippen LogP) is 4.09. The fourth-order valence-electron chi connectivity index (χ4n) is 8.00. The number of ether oxygens (including phenoxy) is 4. The van der Waals surface area contributed by atoms with Gasteiger partial charge in [-0.05, 0) is 65.7 Å². The number of unbranched alkanes of at least 4 members (excludes halogenated alkanes) is 6. The first-order valence-electron chi connectivity index (χ1n) is 18.1. The van der Waals surface area contributed by atoms with Crippen molar-refractivity contribution < 1.29 is 38.4 Å². The minimum absolute atomic E-state index is 0.0535. The Bertz CT molecular complexity index is 1170. The van der Waals surface area contributed by atoms with Gasteiger partial charge >= 0.3 is 12.1 Å². The van der Waals surface area contributed by atoms with E-state index in [4.69, 9.17) is 18.9 Å². The molecule has 272 valence electrons. The molecule has 0 radical (unpaired) electrons. The molecular weight excluding hydrogens is 636 g/mol. The number of rotatable bonds is 19. The van der Waals surface area contributed by atoms with Crippen LogP contribution in [0, 0.1) is 0 Å². The van der Waals surface area contributed by atoms with Gasteiger partial charge in [-0.15, -0.1) is 0 Å². The maximum absolute atomic E-state index is 12.7. The number of allylic oxidation sites excluding steroid dienone is 1. The molecule has 0 bridgehead atoms. The molecule has 5 rings (SSSR count). The lowest BCUT2D eigenvalue weighted by atomic mass is 9.64. The van der Waals surface area contributed by atoms with Gasteiger partial charge < -0.3 is 45.3 Å². The molecule has 5 aliphatic rings. The summed E-state index contributed by atoms with van der Waals surface area (Å²) in [7, 11) is 1.54. The third-order valence-corrected chi connectivity index (χ3v) is 12.5. The van der Waals surface area contributed by atoms with E-state index in [2.05, 4.69) is 27.3 Å². The normalized spacial score (nSPS) is 36.1. The second-order valence-corrected chi connectivity index (χ2v) is 16.0. The molecule has 4 amide bonds. The summed E-state index contributed by atoms with van der Waals surface area (Å²) in [5.41, 5.74) is -1.83. The first-order chi connectivity index (χ1) is 23.0. The first kappa shape index (κ1) is 37.2. The van der Waals surface area contributed by atoms with Gasteiger partial charge in [0.15, 0.2) is 5.60 Å². The summed E-state index contributed by atoms with van der Waals surface area (Å²) < 4.78 is 23.6. The summed E-state index contributed by atoms with van der Waals surface area (Å²) in [6, 6.07) is 0.428. The largest absolute Gasteiger partial charge is 0.443 e. The number of nitrogens with one attached hydrogen (secondary N) is 4. The number of alkyl carbamates (subject to hydrolysis) is 1. The molecule has 4 heterocycles. The number of amides is 4. The van der Waals surface area contributed by atoms with Gasteiger partial charge in [0.2, 0.25) is 5.91 Å². The maximum Gasteiger partial charge on any atom is 0.407 e. The van der Waals surface area contributed by atoms with E-state index in [0.29, 0.717) is 50.6 Å². The van der Waals surface area contributed by atoms with Gasteiger partial charge in [-0.25, -0.2) is 9.59 Å². The van der Waals surface area contributed by atoms with Crippen molar-refractivity contribution in [2.24, 2.45) is 0 Å². The van der Waals surface area contributed by atoms with Crippen LogP contribution in [0.15, 0.2) is 11.6 Å². The fourth-order valence-corrected chi connectivity index (χ4v) is 9.55. The minimum atomic E-state index is -1.44. The Balaban J connectivity index is 0.883. The number of aliphatic hydroxyl groups is 1. The molecule has 5 N–H and O–H groups in total. The smallest absolute Gasteiger partial charge is 0.407 e.